The van der Waals surface area contributed by atoms with Gasteiger partial charge in [0.15, 0.2) is 5.60 Å². The Kier molecular flexibility index (Phi) is 3.01. The smallest absolute Gasteiger partial charge is 0.338 e. The summed E-state index contributed by atoms with van der Waals surface area (Å²) in [6.07, 6.45) is 3.44. The Bertz CT molecular complexity index is 496. The van der Waals surface area contributed by atoms with Gasteiger partial charge in [-0.25, -0.2) is 4.79 Å². The highest BCUT2D eigenvalue weighted by Crippen LogP contribution is 2.48. The lowest BCUT2D eigenvalue weighted by molar-refractivity contribution is -0.152. The van der Waals surface area contributed by atoms with Gasteiger partial charge >= 0.3 is 11.9 Å². The Hall–Kier alpha value is -1.84. The number of carbonyl (C=O) groups is 2. The third-order valence-electron chi connectivity index (χ3n) is 3.76. The molecular formula is C15H16O4. The van der Waals surface area contributed by atoms with Crippen LogP contribution in [0.25, 0.3) is 0 Å². The third-order valence-corrected chi connectivity index (χ3v) is 3.76. The summed E-state index contributed by atoms with van der Waals surface area (Å²) < 4.78 is 10.9. The number of esters is 2. The van der Waals surface area contributed by atoms with Crippen LogP contribution in [0.3, 0.4) is 0 Å². The van der Waals surface area contributed by atoms with Gasteiger partial charge in [0.2, 0.25) is 0 Å². The van der Waals surface area contributed by atoms with Crippen LogP contribution in [0.2, 0.25) is 0 Å². The van der Waals surface area contributed by atoms with Gasteiger partial charge in [-0.2, -0.15) is 0 Å². The van der Waals surface area contributed by atoms with Gasteiger partial charge in [-0.05, 0) is 31.4 Å². The largest absolute Gasteiger partial charge is 0.455 e. The van der Waals surface area contributed by atoms with Crippen LogP contribution >= 0.6 is 0 Å². The van der Waals surface area contributed by atoms with E-state index < -0.39 is 5.60 Å². The molecule has 0 aromatic heterocycles. The van der Waals surface area contributed by atoms with Crippen molar-refractivity contribution in [1.82, 2.24) is 0 Å². The van der Waals surface area contributed by atoms with Gasteiger partial charge in [-0.3, -0.25) is 4.79 Å². The van der Waals surface area contributed by atoms with E-state index in [9.17, 15) is 9.59 Å². The fourth-order valence-electron chi connectivity index (χ4n) is 2.57. The fourth-order valence-corrected chi connectivity index (χ4v) is 2.57. The summed E-state index contributed by atoms with van der Waals surface area (Å²) in [7, 11) is 0. The molecule has 1 aromatic carbocycles. The number of ether oxygens (including phenoxy) is 2. The minimum atomic E-state index is -0.530. The van der Waals surface area contributed by atoms with Crippen molar-refractivity contribution in [3.8, 4) is 0 Å². The first-order valence-corrected chi connectivity index (χ1v) is 6.67. The highest BCUT2D eigenvalue weighted by Gasteiger charge is 2.61. The Morgan fingerprint density at radius 2 is 2.05 bits per heavy atom. The van der Waals surface area contributed by atoms with Gasteiger partial charge in [0.25, 0.3) is 0 Å². The Morgan fingerprint density at radius 1 is 1.26 bits per heavy atom. The molecule has 1 saturated heterocycles. The van der Waals surface area contributed by atoms with Gasteiger partial charge in [0.05, 0.1) is 5.56 Å². The molecule has 2 aliphatic rings. The quantitative estimate of drug-likeness (QED) is 0.766. The zero-order valence-electron chi connectivity index (χ0n) is 10.6. The third kappa shape index (κ3) is 2.48. The van der Waals surface area contributed by atoms with Crippen LogP contribution in [-0.4, -0.2) is 23.6 Å². The fraction of sp³-hybridized carbons (Fsp3) is 0.467. The average Bonchev–Trinajstić information content (AvgIpc) is 3.12. The van der Waals surface area contributed by atoms with Crippen LogP contribution in [0.1, 0.15) is 42.5 Å². The van der Waals surface area contributed by atoms with Crippen LogP contribution in [0.15, 0.2) is 30.3 Å². The van der Waals surface area contributed by atoms with E-state index in [2.05, 4.69) is 0 Å². The molecule has 4 heteroatoms. The van der Waals surface area contributed by atoms with Gasteiger partial charge in [0, 0.05) is 12.8 Å². The second-order valence-electron chi connectivity index (χ2n) is 5.21. The SMILES string of the molecule is O=C1CCCCC2(C[C@@H]2OC(=O)c2ccccc2)O1. The monoisotopic (exact) mass is 260 g/mol. The van der Waals surface area contributed by atoms with Crippen molar-refractivity contribution in [1.29, 1.82) is 0 Å². The number of hydrogen-bond donors (Lipinski definition) is 0. The molecule has 3 rings (SSSR count). The molecule has 1 heterocycles. The van der Waals surface area contributed by atoms with Gasteiger partial charge in [-0.15, -0.1) is 0 Å². The summed E-state index contributed by atoms with van der Waals surface area (Å²) in [5.41, 5.74) is 0.00220. The Labute approximate surface area is 111 Å². The van der Waals surface area contributed by atoms with Crippen LogP contribution < -0.4 is 0 Å². The Morgan fingerprint density at radius 3 is 2.84 bits per heavy atom. The summed E-state index contributed by atoms with van der Waals surface area (Å²) in [5, 5.41) is 0. The number of rotatable bonds is 2. The molecule has 2 fully saturated rings. The Balaban J connectivity index is 1.63. The summed E-state index contributed by atoms with van der Waals surface area (Å²) in [6, 6.07) is 8.88. The maximum Gasteiger partial charge on any atom is 0.338 e. The lowest BCUT2D eigenvalue weighted by Crippen LogP contribution is -2.24. The van der Waals surface area contributed by atoms with Gasteiger partial charge < -0.3 is 9.47 Å². The van der Waals surface area contributed by atoms with Crippen molar-refractivity contribution in [3.05, 3.63) is 35.9 Å². The van der Waals surface area contributed by atoms with Crippen molar-refractivity contribution in [2.75, 3.05) is 0 Å². The molecule has 1 aliphatic carbocycles. The van der Waals surface area contributed by atoms with E-state index in [0.29, 0.717) is 18.4 Å². The molecule has 0 amide bonds. The summed E-state index contributed by atoms with van der Waals surface area (Å²) in [6.45, 7) is 0. The molecule has 0 N–H and O–H groups in total. The standard InChI is InChI=1S/C15H16O4/c16-13-8-4-5-9-15(19-13)10-12(15)18-14(17)11-6-2-1-3-7-11/h1-3,6-7,12H,4-5,8-10H2/t12-,15?/m0/s1. The summed E-state index contributed by atoms with van der Waals surface area (Å²) in [4.78, 5) is 23.4. The minimum Gasteiger partial charge on any atom is -0.455 e. The van der Waals surface area contributed by atoms with Crippen LogP contribution in [0.4, 0.5) is 0 Å². The molecule has 19 heavy (non-hydrogen) atoms. The number of hydrogen-bond acceptors (Lipinski definition) is 4. The van der Waals surface area contributed by atoms with E-state index in [1.54, 1.807) is 24.3 Å². The highest BCUT2D eigenvalue weighted by molar-refractivity contribution is 5.89. The average molecular weight is 260 g/mol. The van der Waals surface area contributed by atoms with Crippen LogP contribution in [0, 0.1) is 0 Å². The summed E-state index contributed by atoms with van der Waals surface area (Å²) >= 11 is 0. The molecule has 1 saturated carbocycles. The molecule has 1 aliphatic heterocycles. The molecule has 2 atom stereocenters. The predicted molar refractivity (Wildman–Crippen MR) is 67.6 cm³/mol. The first-order chi connectivity index (χ1) is 9.20. The van der Waals surface area contributed by atoms with Crippen molar-refractivity contribution in [2.24, 2.45) is 0 Å². The van der Waals surface area contributed by atoms with E-state index in [4.69, 9.17) is 9.47 Å². The number of carbonyl (C=O) groups excluding carboxylic acids is 2. The van der Waals surface area contributed by atoms with E-state index in [1.807, 2.05) is 6.07 Å². The zero-order valence-corrected chi connectivity index (χ0v) is 10.6. The van der Waals surface area contributed by atoms with E-state index in [-0.39, 0.29) is 18.0 Å². The maximum absolute atomic E-state index is 11.9. The highest BCUT2D eigenvalue weighted by atomic mass is 16.6. The first-order valence-electron chi connectivity index (χ1n) is 6.67. The second kappa shape index (κ2) is 4.68. The van der Waals surface area contributed by atoms with Crippen molar-refractivity contribution in [3.63, 3.8) is 0 Å². The lowest BCUT2D eigenvalue weighted by atomic mass is 10.1. The minimum absolute atomic E-state index is 0.171. The van der Waals surface area contributed by atoms with Crippen molar-refractivity contribution >= 4 is 11.9 Å². The second-order valence-corrected chi connectivity index (χ2v) is 5.21. The molecular weight excluding hydrogens is 244 g/mol. The molecule has 100 valence electrons. The van der Waals surface area contributed by atoms with Crippen LogP contribution in [-0.2, 0) is 14.3 Å². The molecule has 1 spiro atoms. The van der Waals surface area contributed by atoms with E-state index in [1.165, 1.54) is 0 Å². The molecule has 0 bridgehead atoms. The van der Waals surface area contributed by atoms with Gasteiger partial charge in [-0.1, -0.05) is 18.2 Å². The van der Waals surface area contributed by atoms with E-state index >= 15 is 0 Å². The van der Waals surface area contributed by atoms with Crippen molar-refractivity contribution < 1.29 is 19.1 Å². The van der Waals surface area contributed by atoms with Crippen molar-refractivity contribution in [2.45, 2.75) is 43.8 Å². The first kappa shape index (κ1) is 12.2. The predicted octanol–water partition coefficient (Wildman–Crippen LogP) is 2.47. The molecule has 4 nitrogen and oxygen atoms in total. The lowest BCUT2D eigenvalue weighted by Gasteiger charge is -2.15. The zero-order chi connectivity index (χ0) is 13.3. The normalized spacial score (nSPS) is 29.5. The molecule has 1 unspecified atom stereocenters. The van der Waals surface area contributed by atoms with E-state index in [0.717, 1.165) is 19.3 Å². The van der Waals surface area contributed by atoms with Gasteiger partial charge in [0.1, 0.15) is 6.10 Å². The molecule has 0 radical (unpaired) electrons. The maximum atomic E-state index is 11.9. The summed E-state index contributed by atoms with van der Waals surface area (Å²) in [5.74, 6) is -0.515. The topological polar surface area (TPSA) is 52.6 Å². The molecule has 1 aromatic rings. The number of benzene rings is 1. The van der Waals surface area contributed by atoms with Crippen LogP contribution in [0.5, 0.6) is 0 Å².